The number of carbonyl (C=O) groups excluding carboxylic acids is 1. The van der Waals surface area contributed by atoms with Crippen LogP contribution >= 0.6 is 0 Å². The standard InChI is InChI=1S/C17H25N3O4S/c1-13-2-3-14(17(21)19-15-4-6-18-7-5-15)12-16(13)25(22,23)20-8-10-24-11-9-20/h2-3,12,15,18H,4-11H2,1H3,(H,19,21). The van der Waals surface area contributed by atoms with Crippen molar-refractivity contribution in [2.75, 3.05) is 39.4 Å². The molecule has 2 heterocycles. The number of sulfonamides is 1. The number of benzene rings is 1. The van der Waals surface area contributed by atoms with E-state index in [0.29, 0.717) is 37.4 Å². The highest BCUT2D eigenvalue weighted by Gasteiger charge is 2.28. The normalized spacial score (nSPS) is 20.4. The Morgan fingerprint density at radius 2 is 1.92 bits per heavy atom. The van der Waals surface area contributed by atoms with Crippen molar-refractivity contribution in [2.24, 2.45) is 0 Å². The van der Waals surface area contributed by atoms with Gasteiger partial charge in [0.2, 0.25) is 10.0 Å². The number of aryl methyl sites for hydroxylation is 1. The van der Waals surface area contributed by atoms with Crippen LogP contribution in [0.1, 0.15) is 28.8 Å². The second-order valence-electron chi connectivity index (χ2n) is 6.49. The summed E-state index contributed by atoms with van der Waals surface area (Å²) in [5.74, 6) is -0.217. The lowest BCUT2D eigenvalue weighted by molar-refractivity contribution is 0.0730. The molecule has 25 heavy (non-hydrogen) atoms. The fraction of sp³-hybridized carbons (Fsp3) is 0.588. The molecule has 1 aromatic carbocycles. The Kier molecular flexibility index (Phi) is 5.73. The Morgan fingerprint density at radius 3 is 2.60 bits per heavy atom. The highest BCUT2D eigenvalue weighted by atomic mass is 32.2. The van der Waals surface area contributed by atoms with Crippen molar-refractivity contribution in [3.05, 3.63) is 29.3 Å². The van der Waals surface area contributed by atoms with Crippen LogP contribution in [0.3, 0.4) is 0 Å². The second kappa shape index (κ2) is 7.82. The number of ether oxygens (including phenoxy) is 1. The van der Waals surface area contributed by atoms with Crippen molar-refractivity contribution >= 4 is 15.9 Å². The van der Waals surface area contributed by atoms with Gasteiger partial charge >= 0.3 is 0 Å². The smallest absolute Gasteiger partial charge is 0.251 e. The number of rotatable bonds is 4. The molecule has 2 aliphatic rings. The molecule has 0 spiro atoms. The number of carbonyl (C=O) groups is 1. The van der Waals surface area contributed by atoms with E-state index in [9.17, 15) is 13.2 Å². The zero-order valence-corrected chi connectivity index (χ0v) is 15.3. The molecular formula is C17H25N3O4S. The summed E-state index contributed by atoms with van der Waals surface area (Å²) in [6, 6.07) is 5.01. The van der Waals surface area contributed by atoms with Crippen LogP contribution < -0.4 is 10.6 Å². The third-order valence-corrected chi connectivity index (χ3v) is 6.75. The molecular weight excluding hydrogens is 342 g/mol. The molecule has 0 saturated carbocycles. The molecule has 1 amide bonds. The van der Waals surface area contributed by atoms with E-state index in [-0.39, 0.29) is 16.8 Å². The zero-order valence-electron chi connectivity index (χ0n) is 14.5. The molecule has 1 aromatic rings. The summed E-state index contributed by atoms with van der Waals surface area (Å²) in [6.45, 7) is 5.00. The highest BCUT2D eigenvalue weighted by Crippen LogP contribution is 2.22. The Hall–Kier alpha value is -1.48. The number of hydrogen-bond donors (Lipinski definition) is 2. The van der Waals surface area contributed by atoms with Crippen LogP contribution in [-0.4, -0.2) is 64.1 Å². The van der Waals surface area contributed by atoms with Gasteiger partial charge in [0, 0.05) is 24.7 Å². The van der Waals surface area contributed by atoms with Gasteiger partial charge < -0.3 is 15.4 Å². The quantitative estimate of drug-likeness (QED) is 0.809. The molecule has 2 saturated heterocycles. The minimum Gasteiger partial charge on any atom is -0.379 e. The van der Waals surface area contributed by atoms with Crippen molar-refractivity contribution in [1.29, 1.82) is 0 Å². The van der Waals surface area contributed by atoms with Gasteiger partial charge in [0.05, 0.1) is 18.1 Å². The SMILES string of the molecule is Cc1ccc(C(=O)NC2CCNCC2)cc1S(=O)(=O)N1CCOCC1. The Labute approximate surface area is 148 Å². The third kappa shape index (κ3) is 4.20. The summed E-state index contributed by atoms with van der Waals surface area (Å²) in [4.78, 5) is 12.7. The van der Waals surface area contributed by atoms with Crippen LogP contribution in [0, 0.1) is 6.92 Å². The maximum Gasteiger partial charge on any atom is 0.251 e. The van der Waals surface area contributed by atoms with Crippen molar-refractivity contribution in [1.82, 2.24) is 14.9 Å². The van der Waals surface area contributed by atoms with Gasteiger partial charge in [-0.25, -0.2) is 8.42 Å². The number of hydrogen-bond acceptors (Lipinski definition) is 5. The lowest BCUT2D eigenvalue weighted by atomic mass is 10.1. The monoisotopic (exact) mass is 367 g/mol. The van der Waals surface area contributed by atoms with E-state index in [0.717, 1.165) is 25.9 Å². The molecule has 0 radical (unpaired) electrons. The van der Waals surface area contributed by atoms with Gasteiger partial charge in [-0.15, -0.1) is 0 Å². The van der Waals surface area contributed by atoms with E-state index in [2.05, 4.69) is 10.6 Å². The van der Waals surface area contributed by atoms with Crippen molar-refractivity contribution < 1.29 is 17.9 Å². The molecule has 8 heteroatoms. The molecule has 0 aliphatic carbocycles. The van der Waals surface area contributed by atoms with E-state index >= 15 is 0 Å². The van der Waals surface area contributed by atoms with Crippen LogP contribution in [0.15, 0.2) is 23.1 Å². The van der Waals surface area contributed by atoms with Crippen LogP contribution in [0.5, 0.6) is 0 Å². The Morgan fingerprint density at radius 1 is 1.24 bits per heavy atom. The summed E-state index contributed by atoms with van der Waals surface area (Å²) < 4.78 is 32.5. The van der Waals surface area contributed by atoms with Crippen molar-refractivity contribution in [3.63, 3.8) is 0 Å². The van der Waals surface area contributed by atoms with Crippen LogP contribution in [0.2, 0.25) is 0 Å². The van der Waals surface area contributed by atoms with Gasteiger partial charge in [0.1, 0.15) is 0 Å². The third-order valence-electron chi connectivity index (χ3n) is 4.71. The first-order valence-corrected chi connectivity index (χ1v) is 10.1. The molecule has 3 rings (SSSR count). The Balaban J connectivity index is 1.81. The fourth-order valence-electron chi connectivity index (χ4n) is 3.18. The number of piperidine rings is 1. The largest absolute Gasteiger partial charge is 0.379 e. The van der Waals surface area contributed by atoms with E-state index in [1.165, 1.54) is 10.4 Å². The molecule has 2 fully saturated rings. The summed E-state index contributed by atoms with van der Waals surface area (Å²) in [6.07, 6.45) is 1.77. The van der Waals surface area contributed by atoms with Gasteiger partial charge in [-0.1, -0.05) is 6.07 Å². The van der Waals surface area contributed by atoms with Crippen LogP contribution in [0.4, 0.5) is 0 Å². The molecule has 0 atom stereocenters. The number of morpholine rings is 1. The molecule has 7 nitrogen and oxygen atoms in total. The van der Waals surface area contributed by atoms with E-state index in [1.54, 1.807) is 19.1 Å². The highest BCUT2D eigenvalue weighted by molar-refractivity contribution is 7.89. The maximum absolute atomic E-state index is 12.9. The predicted molar refractivity (Wildman–Crippen MR) is 94.1 cm³/mol. The molecule has 2 aliphatic heterocycles. The first kappa shape index (κ1) is 18.3. The van der Waals surface area contributed by atoms with Gasteiger partial charge in [0.15, 0.2) is 0 Å². The van der Waals surface area contributed by atoms with Gasteiger partial charge in [-0.05, 0) is 50.6 Å². The van der Waals surface area contributed by atoms with Crippen LogP contribution in [0.25, 0.3) is 0 Å². The lowest BCUT2D eigenvalue weighted by Gasteiger charge is -2.27. The summed E-state index contributed by atoms with van der Waals surface area (Å²) >= 11 is 0. The summed E-state index contributed by atoms with van der Waals surface area (Å²) in [5, 5.41) is 6.26. The average molecular weight is 367 g/mol. The van der Waals surface area contributed by atoms with E-state index in [4.69, 9.17) is 4.74 Å². The minimum absolute atomic E-state index is 0.134. The lowest BCUT2D eigenvalue weighted by Crippen LogP contribution is -2.43. The number of nitrogens with zero attached hydrogens (tertiary/aromatic N) is 1. The van der Waals surface area contributed by atoms with E-state index in [1.807, 2.05) is 0 Å². The van der Waals surface area contributed by atoms with Gasteiger partial charge in [0.25, 0.3) is 5.91 Å². The predicted octanol–water partition coefficient (Wildman–Crippen LogP) is 0.498. The summed E-state index contributed by atoms with van der Waals surface area (Å²) in [7, 11) is -3.62. The molecule has 0 bridgehead atoms. The van der Waals surface area contributed by atoms with Crippen molar-refractivity contribution in [2.45, 2.75) is 30.7 Å². The summed E-state index contributed by atoms with van der Waals surface area (Å²) in [5.41, 5.74) is 1.03. The van der Waals surface area contributed by atoms with Crippen molar-refractivity contribution in [3.8, 4) is 0 Å². The van der Waals surface area contributed by atoms with Crippen LogP contribution in [-0.2, 0) is 14.8 Å². The molecule has 0 aromatic heterocycles. The first-order chi connectivity index (χ1) is 12.0. The second-order valence-corrected chi connectivity index (χ2v) is 8.40. The van der Waals surface area contributed by atoms with E-state index < -0.39 is 10.0 Å². The zero-order chi connectivity index (χ0) is 17.9. The Bertz CT molecular complexity index is 723. The minimum atomic E-state index is -3.62. The number of nitrogens with one attached hydrogen (secondary N) is 2. The molecule has 0 unspecified atom stereocenters. The topological polar surface area (TPSA) is 87.7 Å². The molecule has 138 valence electrons. The average Bonchev–Trinajstić information content (AvgIpc) is 2.63. The fourth-order valence-corrected chi connectivity index (χ4v) is 4.84. The first-order valence-electron chi connectivity index (χ1n) is 8.68. The maximum atomic E-state index is 12.9. The molecule has 2 N–H and O–H groups in total. The van der Waals surface area contributed by atoms with Gasteiger partial charge in [-0.2, -0.15) is 4.31 Å². The number of amides is 1. The van der Waals surface area contributed by atoms with Gasteiger partial charge in [-0.3, -0.25) is 4.79 Å².